The van der Waals surface area contributed by atoms with Crippen LogP contribution in [0, 0.1) is 13.8 Å². The highest BCUT2D eigenvalue weighted by atomic mass is 16.4. The van der Waals surface area contributed by atoms with E-state index in [2.05, 4.69) is 5.32 Å². The van der Waals surface area contributed by atoms with E-state index in [4.69, 9.17) is 10.2 Å². The van der Waals surface area contributed by atoms with E-state index < -0.39 is 18.1 Å². The van der Waals surface area contributed by atoms with Gasteiger partial charge in [-0.1, -0.05) is 17.7 Å². The summed E-state index contributed by atoms with van der Waals surface area (Å²) in [5, 5.41) is 20.0. The summed E-state index contributed by atoms with van der Waals surface area (Å²) in [5.74, 6) is -1.37. The van der Waals surface area contributed by atoms with Crippen molar-refractivity contribution in [3.05, 3.63) is 29.3 Å². The maximum atomic E-state index is 11.8. The number of anilines is 1. The van der Waals surface area contributed by atoms with Gasteiger partial charge < -0.3 is 15.5 Å². The molecule has 0 saturated heterocycles. The predicted octanol–water partition coefficient (Wildman–Crippen LogP) is 0.895. The lowest BCUT2D eigenvalue weighted by Crippen LogP contribution is -2.43. The molecule has 0 saturated carbocycles. The summed E-state index contributed by atoms with van der Waals surface area (Å²) >= 11 is 0. The van der Waals surface area contributed by atoms with E-state index in [9.17, 15) is 9.59 Å². The molecule has 0 radical (unpaired) electrons. The van der Waals surface area contributed by atoms with Gasteiger partial charge in [-0.25, -0.2) is 9.59 Å². The van der Waals surface area contributed by atoms with E-state index in [1.807, 2.05) is 32.0 Å². The molecule has 0 unspecified atom stereocenters. The van der Waals surface area contributed by atoms with Crippen molar-refractivity contribution in [2.45, 2.75) is 20.0 Å². The Hall–Kier alpha value is -2.08. The first-order chi connectivity index (χ1) is 8.82. The van der Waals surface area contributed by atoms with Gasteiger partial charge >= 0.3 is 12.0 Å². The number of urea groups is 1. The number of carboxylic acids is 1. The Morgan fingerprint density at radius 3 is 2.53 bits per heavy atom. The second kappa shape index (κ2) is 6.19. The number of hydrogen-bond acceptors (Lipinski definition) is 3. The van der Waals surface area contributed by atoms with Crippen LogP contribution >= 0.6 is 0 Å². The van der Waals surface area contributed by atoms with Crippen molar-refractivity contribution in [3.63, 3.8) is 0 Å². The van der Waals surface area contributed by atoms with Crippen LogP contribution in [0.25, 0.3) is 0 Å². The molecular formula is C13H18N2O4. The molecule has 1 atom stereocenters. The fraction of sp³-hybridized carbons (Fsp3) is 0.385. The van der Waals surface area contributed by atoms with Crippen LogP contribution in [0.4, 0.5) is 10.5 Å². The second-order valence-corrected chi connectivity index (χ2v) is 4.39. The van der Waals surface area contributed by atoms with Crippen molar-refractivity contribution in [3.8, 4) is 0 Å². The predicted molar refractivity (Wildman–Crippen MR) is 71.4 cm³/mol. The van der Waals surface area contributed by atoms with Crippen LogP contribution in [-0.4, -0.2) is 41.9 Å². The first-order valence-corrected chi connectivity index (χ1v) is 5.82. The van der Waals surface area contributed by atoms with Gasteiger partial charge in [-0.15, -0.1) is 0 Å². The standard InChI is InChI=1S/C13H18N2O4/c1-8-4-5-10(9(2)6-8)15(3)13(19)14-7-11(16)12(17)18/h4-6,11,16H,7H2,1-3H3,(H,14,19)(H,17,18)/t11-/m0/s1. The van der Waals surface area contributed by atoms with Crippen molar-refractivity contribution < 1.29 is 19.8 Å². The summed E-state index contributed by atoms with van der Waals surface area (Å²) in [7, 11) is 1.58. The molecule has 0 aliphatic rings. The number of hydrogen-bond donors (Lipinski definition) is 3. The normalized spacial score (nSPS) is 11.8. The van der Waals surface area contributed by atoms with Crippen molar-refractivity contribution >= 4 is 17.7 Å². The van der Waals surface area contributed by atoms with Crippen LogP contribution in [0.5, 0.6) is 0 Å². The monoisotopic (exact) mass is 266 g/mol. The van der Waals surface area contributed by atoms with Gasteiger partial charge in [0.1, 0.15) is 0 Å². The first kappa shape index (κ1) is 15.0. The summed E-state index contributed by atoms with van der Waals surface area (Å²) in [6.45, 7) is 3.52. The van der Waals surface area contributed by atoms with Crippen LogP contribution in [0.15, 0.2) is 18.2 Å². The lowest BCUT2D eigenvalue weighted by atomic mass is 10.1. The molecule has 0 aliphatic heterocycles. The minimum Gasteiger partial charge on any atom is -0.479 e. The highest BCUT2D eigenvalue weighted by Crippen LogP contribution is 2.19. The van der Waals surface area contributed by atoms with Gasteiger partial charge in [0.2, 0.25) is 0 Å². The second-order valence-electron chi connectivity index (χ2n) is 4.39. The number of nitrogens with zero attached hydrogens (tertiary/aromatic N) is 1. The van der Waals surface area contributed by atoms with E-state index in [0.29, 0.717) is 0 Å². The van der Waals surface area contributed by atoms with Gasteiger partial charge in [0.05, 0.1) is 6.54 Å². The molecule has 0 fully saturated rings. The van der Waals surface area contributed by atoms with Crippen molar-refractivity contribution in [1.82, 2.24) is 5.32 Å². The molecule has 0 bridgehead atoms. The molecule has 0 heterocycles. The van der Waals surface area contributed by atoms with Gasteiger partial charge in [0, 0.05) is 12.7 Å². The van der Waals surface area contributed by atoms with E-state index in [0.717, 1.165) is 16.8 Å². The zero-order valence-electron chi connectivity index (χ0n) is 11.2. The lowest BCUT2D eigenvalue weighted by molar-refractivity contribution is -0.146. The smallest absolute Gasteiger partial charge is 0.334 e. The molecular weight excluding hydrogens is 248 g/mol. The Bertz CT molecular complexity index is 488. The number of rotatable bonds is 4. The summed E-state index contributed by atoms with van der Waals surface area (Å²) in [6, 6.07) is 5.19. The number of benzene rings is 1. The topological polar surface area (TPSA) is 89.9 Å². The summed E-state index contributed by atoms with van der Waals surface area (Å²) in [5.41, 5.74) is 2.76. The molecule has 1 rings (SSSR count). The van der Waals surface area contributed by atoms with Crippen molar-refractivity contribution in [2.24, 2.45) is 0 Å². The fourth-order valence-corrected chi connectivity index (χ4v) is 1.68. The number of nitrogens with one attached hydrogen (secondary N) is 1. The third-order valence-electron chi connectivity index (χ3n) is 2.75. The molecule has 19 heavy (non-hydrogen) atoms. The minimum absolute atomic E-state index is 0.330. The van der Waals surface area contributed by atoms with Gasteiger partial charge in [0.25, 0.3) is 0 Å². The number of carboxylic acid groups (broad SMARTS) is 1. The summed E-state index contributed by atoms with van der Waals surface area (Å²) < 4.78 is 0. The number of aliphatic hydroxyl groups is 1. The molecule has 2 amide bonds. The Morgan fingerprint density at radius 2 is 2.00 bits per heavy atom. The van der Waals surface area contributed by atoms with Gasteiger partial charge in [-0.05, 0) is 25.5 Å². The van der Waals surface area contributed by atoms with Crippen LogP contribution in [0.3, 0.4) is 0 Å². The van der Waals surface area contributed by atoms with Crippen molar-refractivity contribution in [2.75, 3.05) is 18.5 Å². The Kier molecular flexibility index (Phi) is 4.88. The molecule has 6 nitrogen and oxygen atoms in total. The van der Waals surface area contributed by atoms with E-state index in [1.54, 1.807) is 7.05 Å². The number of aryl methyl sites for hydroxylation is 2. The zero-order chi connectivity index (χ0) is 14.6. The van der Waals surface area contributed by atoms with Crippen LogP contribution in [-0.2, 0) is 4.79 Å². The largest absolute Gasteiger partial charge is 0.479 e. The van der Waals surface area contributed by atoms with Crippen LogP contribution in [0.1, 0.15) is 11.1 Å². The first-order valence-electron chi connectivity index (χ1n) is 5.82. The lowest BCUT2D eigenvalue weighted by Gasteiger charge is -2.21. The van der Waals surface area contributed by atoms with Crippen LogP contribution in [0.2, 0.25) is 0 Å². The average molecular weight is 266 g/mol. The fourth-order valence-electron chi connectivity index (χ4n) is 1.68. The highest BCUT2D eigenvalue weighted by molar-refractivity contribution is 5.92. The summed E-state index contributed by atoms with van der Waals surface area (Å²) in [6.07, 6.45) is -1.60. The molecule has 0 aromatic heterocycles. The number of carbonyl (C=O) groups excluding carboxylic acids is 1. The number of amides is 2. The third kappa shape index (κ3) is 3.96. The maximum absolute atomic E-state index is 11.8. The maximum Gasteiger partial charge on any atom is 0.334 e. The zero-order valence-corrected chi connectivity index (χ0v) is 11.2. The SMILES string of the molecule is Cc1ccc(N(C)C(=O)NC[C@H](O)C(=O)O)c(C)c1. The minimum atomic E-state index is -1.60. The third-order valence-corrected chi connectivity index (χ3v) is 2.75. The molecule has 0 spiro atoms. The van der Waals surface area contributed by atoms with Crippen LogP contribution < -0.4 is 10.2 Å². The van der Waals surface area contributed by atoms with E-state index in [1.165, 1.54) is 4.90 Å². The number of carbonyl (C=O) groups is 2. The quantitative estimate of drug-likeness (QED) is 0.755. The molecule has 3 N–H and O–H groups in total. The van der Waals surface area contributed by atoms with Crippen molar-refractivity contribution in [1.29, 1.82) is 0 Å². The Balaban J connectivity index is 2.69. The van der Waals surface area contributed by atoms with Gasteiger partial charge in [0.15, 0.2) is 6.10 Å². The highest BCUT2D eigenvalue weighted by Gasteiger charge is 2.17. The molecule has 0 aliphatic carbocycles. The van der Waals surface area contributed by atoms with E-state index >= 15 is 0 Å². The molecule has 1 aromatic carbocycles. The average Bonchev–Trinajstić information content (AvgIpc) is 2.34. The number of aliphatic hydroxyl groups excluding tert-OH is 1. The Morgan fingerprint density at radius 1 is 1.37 bits per heavy atom. The molecule has 104 valence electrons. The Labute approximate surface area is 111 Å². The van der Waals surface area contributed by atoms with Gasteiger partial charge in [-0.3, -0.25) is 4.90 Å². The number of aliphatic carboxylic acids is 1. The summed E-state index contributed by atoms with van der Waals surface area (Å²) in [4.78, 5) is 23.6. The molecule has 6 heteroatoms. The van der Waals surface area contributed by atoms with Gasteiger partial charge in [-0.2, -0.15) is 0 Å². The molecule has 1 aromatic rings. The van der Waals surface area contributed by atoms with E-state index in [-0.39, 0.29) is 6.54 Å².